The van der Waals surface area contributed by atoms with Crippen LogP contribution in [0.5, 0.6) is 0 Å². The maximum atomic E-state index is 12.3. The molecule has 0 saturated carbocycles. The van der Waals surface area contributed by atoms with Gasteiger partial charge in [0.15, 0.2) is 0 Å². The lowest BCUT2D eigenvalue weighted by Gasteiger charge is -2.32. The van der Waals surface area contributed by atoms with Crippen LogP contribution in [0.25, 0.3) is 0 Å². The average molecular weight is 373 g/mol. The molecular formula is C21H28N2O2S. The first kappa shape index (κ1) is 18.8. The number of rotatable bonds is 7. The predicted octanol–water partition coefficient (Wildman–Crippen LogP) is 4.30. The molecule has 2 aromatic rings. The highest BCUT2D eigenvalue weighted by Crippen LogP contribution is 2.24. The molecule has 0 aromatic heterocycles. The van der Waals surface area contributed by atoms with Gasteiger partial charge in [0.2, 0.25) is 10.0 Å². The molecule has 5 heteroatoms. The fourth-order valence-electron chi connectivity index (χ4n) is 3.51. The van der Waals surface area contributed by atoms with Crippen molar-refractivity contribution in [3.63, 3.8) is 0 Å². The van der Waals surface area contributed by atoms with Crippen LogP contribution in [0.4, 0.5) is 11.4 Å². The van der Waals surface area contributed by atoms with E-state index in [1.807, 2.05) is 54.6 Å². The highest BCUT2D eigenvalue weighted by atomic mass is 32.2. The summed E-state index contributed by atoms with van der Waals surface area (Å²) in [6.07, 6.45) is 3.89. The Labute approximate surface area is 157 Å². The predicted molar refractivity (Wildman–Crippen MR) is 109 cm³/mol. The first-order valence-electron chi connectivity index (χ1n) is 9.41. The third-order valence-corrected chi connectivity index (χ3v) is 6.26. The number of sulfonamides is 1. The Bertz CT molecular complexity index is 789. The Balaban J connectivity index is 1.52. The molecule has 140 valence electrons. The largest absolute Gasteiger partial charge is 0.371 e. The molecule has 4 nitrogen and oxygen atoms in total. The minimum atomic E-state index is -3.31. The van der Waals surface area contributed by atoms with Crippen LogP contribution in [0.3, 0.4) is 0 Å². The number of hydrogen-bond acceptors (Lipinski definition) is 3. The summed E-state index contributed by atoms with van der Waals surface area (Å²) in [5, 5.41) is 0. The molecule has 1 heterocycles. The molecule has 0 amide bonds. The van der Waals surface area contributed by atoms with Gasteiger partial charge >= 0.3 is 0 Å². The van der Waals surface area contributed by atoms with Crippen molar-refractivity contribution in [3.8, 4) is 0 Å². The second-order valence-corrected chi connectivity index (χ2v) is 9.09. The molecule has 2 aromatic carbocycles. The third kappa shape index (κ3) is 5.49. The Morgan fingerprint density at radius 1 is 1.08 bits per heavy atom. The van der Waals surface area contributed by atoms with Gasteiger partial charge in [-0.3, -0.25) is 4.72 Å². The lowest BCUT2D eigenvalue weighted by atomic mass is 10.00. The van der Waals surface area contributed by atoms with Crippen LogP contribution >= 0.6 is 0 Å². The fraction of sp³-hybridized carbons (Fsp3) is 0.429. The van der Waals surface area contributed by atoms with Gasteiger partial charge < -0.3 is 4.90 Å². The third-order valence-electron chi connectivity index (χ3n) is 4.88. The highest BCUT2D eigenvalue weighted by molar-refractivity contribution is 7.92. The van der Waals surface area contributed by atoms with E-state index in [9.17, 15) is 8.42 Å². The van der Waals surface area contributed by atoms with Crippen LogP contribution in [0, 0.1) is 5.92 Å². The topological polar surface area (TPSA) is 49.4 Å². The van der Waals surface area contributed by atoms with Crippen LogP contribution in [0.15, 0.2) is 54.6 Å². The van der Waals surface area contributed by atoms with E-state index in [1.165, 1.54) is 24.1 Å². The molecule has 0 radical (unpaired) electrons. The molecule has 1 unspecified atom stereocenters. The fourth-order valence-corrected chi connectivity index (χ4v) is 4.63. The number of hydrogen-bond donors (Lipinski definition) is 1. The molecule has 0 bridgehead atoms. The second-order valence-electron chi connectivity index (χ2n) is 7.25. The zero-order valence-electron chi connectivity index (χ0n) is 15.4. The zero-order chi connectivity index (χ0) is 18.4. The molecule has 0 spiro atoms. The minimum absolute atomic E-state index is 0.132. The summed E-state index contributed by atoms with van der Waals surface area (Å²) in [7, 11) is -3.31. The Kier molecular flexibility index (Phi) is 6.20. The van der Waals surface area contributed by atoms with E-state index in [4.69, 9.17) is 0 Å². The van der Waals surface area contributed by atoms with E-state index in [1.54, 1.807) is 0 Å². The Morgan fingerprint density at radius 2 is 1.81 bits per heavy atom. The van der Waals surface area contributed by atoms with Crippen molar-refractivity contribution in [2.75, 3.05) is 28.5 Å². The molecule has 26 heavy (non-hydrogen) atoms. The molecule has 1 N–H and O–H groups in total. The van der Waals surface area contributed by atoms with Crippen molar-refractivity contribution in [3.05, 3.63) is 60.2 Å². The first-order valence-corrected chi connectivity index (χ1v) is 11.1. The van der Waals surface area contributed by atoms with Gasteiger partial charge in [-0.15, -0.1) is 0 Å². The summed E-state index contributed by atoms with van der Waals surface area (Å²) < 4.78 is 27.3. The molecular weight excluding hydrogens is 344 g/mol. The van der Waals surface area contributed by atoms with Gasteiger partial charge in [0.25, 0.3) is 0 Å². The van der Waals surface area contributed by atoms with Gasteiger partial charge in [-0.1, -0.05) is 37.3 Å². The lowest BCUT2D eigenvalue weighted by molar-refractivity contribution is 0.447. The quantitative estimate of drug-likeness (QED) is 0.788. The summed E-state index contributed by atoms with van der Waals surface area (Å²) in [4.78, 5) is 2.38. The standard InChI is InChI=1S/C21H28N2O2S/c1-18-7-5-15-23(17-18)21-13-11-20(12-14-21)22-26(24,25)16-6-10-19-8-3-2-4-9-19/h2-4,8-9,11-14,18,22H,5-7,10,15-17H2,1H3. The molecule has 1 atom stereocenters. The van der Waals surface area contributed by atoms with Crippen molar-refractivity contribution < 1.29 is 8.42 Å². The number of nitrogens with one attached hydrogen (secondary N) is 1. The minimum Gasteiger partial charge on any atom is -0.371 e. The highest BCUT2D eigenvalue weighted by Gasteiger charge is 2.17. The van der Waals surface area contributed by atoms with Gasteiger partial charge in [-0.25, -0.2) is 8.42 Å². The Morgan fingerprint density at radius 3 is 2.50 bits per heavy atom. The smallest absolute Gasteiger partial charge is 0.232 e. The monoisotopic (exact) mass is 372 g/mol. The van der Waals surface area contributed by atoms with Gasteiger partial charge in [0, 0.05) is 24.5 Å². The molecule has 3 rings (SSSR count). The number of anilines is 2. The number of benzene rings is 2. The summed E-state index contributed by atoms with van der Waals surface area (Å²) in [6.45, 7) is 4.43. The van der Waals surface area contributed by atoms with Gasteiger partial charge in [-0.05, 0) is 61.4 Å². The molecule has 1 saturated heterocycles. The summed E-state index contributed by atoms with van der Waals surface area (Å²) in [5.74, 6) is 0.847. The first-order chi connectivity index (χ1) is 12.5. The SMILES string of the molecule is CC1CCCN(c2ccc(NS(=O)(=O)CCCc3ccccc3)cc2)C1. The molecule has 0 aliphatic carbocycles. The second kappa shape index (κ2) is 8.58. The van der Waals surface area contributed by atoms with E-state index >= 15 is 0 Å². The average Bonchev–Trinajstić information content (AvgIpc) is 2.63. The number of piperidine rings is 1. The summed E-state index contributed by atoms with van der Waals surface area (Å²) in [5.41, 5.74) is 2.98. The maximum Gasteiger partial charge on any atom is 0.232 e. The van der Waals surface area contributed by atoms with Gasteiger partial charge in [0.05, 0.1) is 5.75 Å². The van der Waals surface area contributed by atoms with Crippen molar-refractivity contribution in [1.29, 1.82) is 0 Å². The van der Waals surface area contributed by atoms with E-state index < -0.39 is 10.0 Å². The zero-order valence-corrected chi connectivity index (χ0v) is 16.2. The van der Waals surface area contributed by atoms with E-state index in [-0.39, 0.29) is 5.75 Å². The molecule has 1 fully saturated rings. The maximum absolute atomic E-state index is 12.3. The number of nitrogens with zero attached hydrogens (tertiary/aromatic N) is 1. The van der Waals surface area contributed by atoms with Crippen LogP contribution < -0.4 is 9.62 Å². The van der Waals surface area contributed by atoms with Crippen molar-refractivity contribution >= 4 is 21.4 Å². The van der Waals surface area contributed by atoms with E-state index in [0.717, 1.165) is 19.5 Å². The number of aryl methyl sites for hydroxylation is 1. The summed E-state index contributed by atoms with van der Waals surface area (Å²) >= 11 is 0. The summed E-state index contributed by atoms with van der Waals surface area (Å²) in [6, 6.07) is 17.7. The lowest BCUT2D eigenvalue weighted by Crippen LogP contribution is -2.34. The Hall–Kier alpha value is -2.01. The van der Waals surface area contributed by atoms with Crippen LogP contribution in [0.2, 0.25) is 0 Å². The van der Waals surface area contributed by atoms with Gasteiger partial charge in [0.1, 0.15) is 0 Å². The van der Waals surface area contributed by atoms with E-state index in [2.05, 4.69) is 16.5 Å². The normalized spacial score (nSPS) is 17.9. The molecule has 1 aliphatic rings. The van der Waals surface area contributed by atoms with Crippen LogP contribution in [-0.4, -0.2) is 27.3 Å². The van der Waals surface area contributed by atoms with Crippen molar-refractivity contribution in [2.24, 2.45) is 5.92 Å². The van der Waals surface area contributed by atoms with Crippen LogP contribution in [-0.2, 0) is 16.4 Å². The van der Waals surface area contributed by atoms with Crippen molar-refractivity contribution in [1.82, 2.24) is 0 Å². The van der Waals surface area contributed by atoms with E-state index in [0.29, 0.717) is 18.0 Å². The van der Waals surface area contributed by atoms with Gasteiger partial charge in [-0.2, -0.15) is 0 Å². The van der Waals surface area contributed by atoms with Crippen molar-refractivity contribution in [2.45, 2.75) is 32.6 Å². The molecule has 1 aliphatic heterocycles. The van der Waals surface area contributed by atoms with Crippen LogP contribution in [0.1, 0.15) is 31.7 Å².